The summed E-state index contributed by atoms with van der Waals surface area (Å²) < 4.78 is 5.33. The number of nitrogens with two attached hydrogens (primary N) is 1. The molecule has 4 heteroatoms. The maximum Gasteiger partial charge on any atom is 0.342 e. The Morgan fingerprint density at radius 3 is 2.81 bits per heavy atom. The van der Waals surface area contributed by atoms with Gasteiger partial charge in [-0.3, -0.25) is 0 Å². The molecule has 1 aliphatic rings. The van der Waals surface area contributed by atoms with E-state index < -0.39 is 5.97 Å². The average molecular weight is 302 g/mol. The van der Waals surface area contributed by atoms with Crippen LogP contribution in [-0.2, 0) is 24.2 Å². The van der Waals surface area contributed by atoms with Crippen LogP contribution in [0.3, 0.4) is 0 Å². The number of carbonyl (C=O) groups is 1. The molecule has 0 unspecified atom stereocenters. The van der Waals surface area contributed by atoms with E-state index in [0.717, 1.165) is 18.4 Å². The van der Waals surface area contributed by atoms with Gasteiger partial charge in [0.1, 0.15) is 12.2 Å². The zero-order valence-electron chi connectivity index (χ0n) is 11.6. The summed E-state index contributed by atoms with van der Waals surface area (Å²) in [6.45, 7) is 0.233. The highest BCUT2D eigenvalue weighted by Gasteiger charge is 2.16. The molecule has 0 spiro atoms. The number of halogens is 1. The van der Waals surface area contributed by atoms with Gasteiger partial charge in [0.2, 0.25) is 0 Å². The zero-order valence-corrected chi connectivity index (χ0v) is 12.3. The topological polar surface area (TPSA) is 52.3 Å². The molecular weight excluding hydrogens is 286 g/mol. The van der Waals surface area contributed by atoms with Crippen molar-refractivity contribution >= 4 is 23.3 Å². The Bertz CT molecular complexity index is 677. The van der Waals surface area contributed by atoms with Crippen LogP contribution < -0.4 is 5.73 Å². The van der Waals surface area contributed by atoms with E-state index in [4.69, 9.17) is 22.1 Å². The molecule has 0 heterocycles. The molecule has 0 radical (unpaired) electrons. The fraction of sp³-hybridized carbons (Fsp3) is 0.235. The minimum Gasteiger partial charge on any atom is -0.457 e. The third-order valence-electron chi connectivity index (χ3n) is 3.78. The van der Waals surface area contributed by atoms with Gasteiger partial charge < -0.3 is 10.5 Å². The Kier molecular flexibility index (Phi) is 3.84. The van der Waals surface area contributed by atoms with Crippen LogP contribution in [0.15, 0.2) is 36.4 Å². The zero-order chi connectivity index (χ0) is 14.8. The minimum absolute atomic E-state index is 0.233. The third kappa shape index (κ3) is 2.88. The summed E-state index contributed by atoms with van der Waals surface area (Å²) in [4.78, 5) is 12.1. The lowest BCUT2D eigenvalue weighted by Gasteiger charge is -2.09. The molecule has 2 aromatic rings. The summed E-state index contributed by atoms with van der Waals surface area (Å²) in [5, 5.41) is 0.314. The monoisotopic (exact) mass is 301 g/mol. The maximum atomic E-state index is 12.1. The molecule has 21 heavy (non-hydrogen) atoms. The van der Waals surface area contributed by atoms with Gasteiger partial charge in [-0.15, -0.1) is 0 Å². The third-order valence-corrected chi connectivity index (χ3v) is 4.10. The number of aryl methyl sites for hydroxylation is 2. The molecule has 0 bridgehead atoms. The van der Waals surface area contributed by atoms with Gasteiger partial charge in [0.15, 0.2) is 0 Å². The molecule has 0 saturated carbocycles. The first-order valence-electron chi connectivity index (χ1n) is 6.97. The van der Waals surface area contributed by atoms with Crippen molar-refractivity contribution in [3.8, 4) is 0 Å². The number of nitrogen functional groups attached to an aromatic ring is 1. The number of hydrogen-bond donors (Lipinski definition) is 1. The van der Waals surface area contributed by atoms with Crippen molar-refractivity contribution in [3.63, 3.8) is 0 Å². The fourth-order valence-corrected chi connectivity index (χ4v) is 2.95. The van der Waals surface area contributed by atoms with Crippen molar-refractivity contribution in [1.82, 2.24) is 0 Å². The van der Waals surface area contributed by atoms with E-state index in [1.54, 1.807) is 18.2 Å². The molecule has 108 valence electrons. The van der Waals surface area contributed by atoms with Gasteiger partial charge in [-0.2, -0.15) is 0 Å². The lowest BCUT2D eigenvalue weighted by molar-refractivity contribution is 0.0474. The predicted molar refractivity (Wildman–Crippen MR) is 83.5 cm³/mol. The summed E-state index contributed by atoms with van der Waals surface area (Å²) in [6.07, 6.45) is 3.45. The maximum absolute atomic E-state index is 12.1. The van der Waals surface area contributed by atoms with Crippen molar-refractivity contribution in [2.24, 2.45) is 0 Å². The van der Waals surface area contributed by atoms with Crippen molar-refractivity contribution < 1.29 is 9.53 Å². The van der Waals surface area contributed by atoms with Gasteiger partial charge in [0.05, 0.1) is 5.02 Å². The van der Waals surface area contributed by atoms with E-state index in [2.05, 4.69) is 12.1 Å². The second-order valence-corrected chi connectivity index (χ2v) is 5.64. The standard InChI is InChI=1S/C17H16ClNO2/c18-14-5-2-6-15(19)16(14)17(20)21-10-11-7-8-12-3-1-4-13(12)9-11/h2,5-9H,1,3-4,10,19H2. The van der Waals surface area contributed by atoms with Gasteiger partial charge >= 0.3 is 5.97 Å². The lowest BCUT2D eigenvalue weighted by atomic mass is 10.1. The highest BCUT2D eigenvalue weighted by molar-refractivity contribution is 6.34. The van der Waals surface area contributed by atoms with Crippen LogP contribution in [0, 0.1) is 0 Å². The smallest absolute Gasteiger partial charge is 0.342 e. The molecule has 2 N–H and O–H groups in total. The Labute approximate surface area is 128 Å². The first kappa shape index (κ1) is 14.0. The molecule has 0 atom stereocenters. The largest absolute Gasteiger partial charge is 0.457 e. The average Bonchev–Trinajstić information content (AvgIpc) is 2.92. The Hall–Kier alpha value is -2.00. The molecule has 1 aliphatic carbocycles. The highest BCUT2D eigenvalue weighted by Crippen LogP contribution is 2.25. The Morgan fingerprint density at radius 2 is 2.00 bits per heavy atom. The van der Waals surface area contributed by atoms with E-state index in [9.17, 15) is 4.79 Å². The second kappa shape index (κ2) is 5.78. The minimum atomic E-state index is -0.487. The Morgan fingerprint density at radius 1 is 1.19 bits per heavy atom. The molecule has 2 aromatic carbocycles. The van der Waals surface area contributed by atoms with Crippen molar-refractivity contribution in [2.75, 3.05) is 5.73 Å². The number of carbonyl (C=O) groups excluding carboxylic acids is 1. The number of fused-ring (bicyclic) bond motifs is 1. The summed E-state index contributed by atoms with van der Waals surface area (Å²) in [5.74, 6) is -0.487. The van der Waals surface area contributed by atoms with Gasteiger partial charge in [-0.05, 0) is 48.1 Å². The first-order chi connectivity index (χ1) is 10.1. The van der Waals surface area contributed by atoms with Crippen molar-refractivity contribution in [2.45, 2.75) is 25.9 Å². The number of ether oxygens (including phenoxy) is 1. The van der Waals surface area contributed by atoms with Gasteiger partial charge in [-0.1, -0.05) is 35.9 Å². The number of hydrogen-bond acceptors (Lipinski definition) is 3. The van der Waals surface area contributed by atoms with Crippen LogP contribution >= 0.6 is 11.6 Å². The molecular formula is C17H16ClNO2. The summed E-state index contributed by atoms with van der Waals surface area (Å²) in [7, 11) is 0. The molecule has 3 nitrogen and oxygen atoms in total. The molecule has 3 rings (SSSR count). The van der Waals surface area contributed by atoms with E-state index >= 15 is 0 Å². The fourth-order valence-electron chi connectivity index (χ4n) is 2.69. The lowest BCUT2D eigenvalue weighted by Crippen LogP contribution is -2.09. The first-order valence-corrected chi connectivity index (χ1v) is 7.35. The molecule has 0 aromatic heterocycles. The number of benzene rings is 2. The second-order valence-electron chi connectivity index (χ2n) is 5.24. The van der Waals surface area contributed by atoms with Crippen LogP contribution in [-0.4, -0.2) is 5.97 Å². The van der Waals surface area contributed by atoms with Crippen LogP contribution in [0.2, 0.25) is 5.02 Å². The number of anilines is 1. The van der Waals surface area contributed by atoms with E-state index in [-0.39, 0.29) is 12.2 Å². The van der Waals surface area contributed by atoms with Crippen LogP contribution in [0.5, 0.6) is 0 Å². The van der Waals surface area contributed by atoms with Gasteiger partial charge in [0, 0.05) is 5.69 Å². The molecule has 0 aliphatic heterocycles. The molecule has 0 amide bonds. The Balaban J connectivity index is 1.71. The molecule has 0 saturated heterocycles. The van der Waals surface area contributed by atoms with E-state index in [1.807, 2.05) is 6.07 Å². The van der Waals surface area contributed by atoms with E-state index in [1.165, 1.54) is 17.5 Å². The van der Waals surface area contributed by atoms with Crippen molar-refractivity contribution in [1.29, 1.82) is 0 Å². The normalized spacial score (nSPS) is 13.0. The summed E-state index contributed by atoms with van der Waals surface area (Å²) in [5.41, 5.74) is 10.1. The number of rotatable bonds is 3. The van der Waals surface area contributed by atoms with Crippen LogP contribution in [0.1, 0.15) is 33.5 Å². The summed E-state index contributed by atoms with van der Waals surface area (Å²) >= 11 is 6.00. The van der Waals surface area contributed by atoms with E-state index in [0.29, 0.717) is 10.7 Å². The van der Waals surface area contributed by atoms with Crippen LogP contribution in [0.25, 0.3) is 0 Å². The van der Waals surface area contributed by atoms with Gasteiger partial charge in [-0.25, -0.2) is 4.79 Å². The SMILES string of the molecule is Nc1cccc(Cl)c1C(=O)OCc1ccc2c(c1)CCC2. The summed E-state index contributed by atoms with van der Waals surface area (Å²) in [6, 6.07) is 11.2. The highest BCUT2D eigenvalue weighted by atomic mass is 35.5. The number of esters is 1. The predicted octanol–water partition coefficient (Wildman–Crippen LogP) is 3.77. The van der Waals surface area contributed by atoms with Crippen molar-refractivity contribution in [3.05, 3.63) is 63.7 Å². The van der Waals surface area contributed by atoms with Gasteiger partial charge in [0.25, 0.3) is 0 Å². The quantitative estimate of drug-likeness (QED) is 0.693. The van der Waals surface area contributed by atoms with Crippen LogP contribution in [0.4, 0.5) is 5.69 Å². The molecule has 0 fully saturated rings.